The summed E-state index contributed by atoms with van der Waals surface area (Å²) in [4.78, 5) is 17.2. The van der Waals surface area contributed by atoms with Gasteiger partial charge in [0, 0.05) is 41.1 Å². The molecule has 3 N–H and O–H groups in total. The van der Waals surface area contributed by atoms with Crippen LogP contribution in [0.1, 0.15) is 6.42 Å². The van der Waals surface area contributed by atoms with Gasteiger partial charge in [0.2, 0.25) is 0 Å². The van der Waals surface area contributed by atoms with Gasteiger partial charge in [-0.05, 0) is 36.1 Å². The lowest BCUT2D eigenvalue weighted by Crippen LogP contribution is -2.26. The average molecular weight is 285 g/mol. The first-order chi connectivity index (χ1) is 9.72. The van der Waals surface area contributed by atoms with Crippen molar-refractivity contribution in [3.8, 4) is 0 Å². The SMILES string of the molecule is N[C@@H]1CCN(c2ccc3[nH]c(=O)c4sccc4c3c2)C1. The van der Waals surface area contributed by atoms with E-state index in [-0.39, 0.29) is 11.6 Å². The molecular weight excluding hydrogens is 270 g/mol. The van der Waals surface area contributed by atoms with Crippen LogP contribution in [-0.4, -0.2) is 24.1 Å². The fourth-order valence-corrected chi connectivity index (χ4v) is 3.76. The molecule has 0 aliphatic carbocycles. The Bertz CT molecular complexity index is 851. The molecule has 2 aromatic heterocycles. The first-order valence-corrected chi connectivity index (χ1v) is 7.64. The molecule has 0 amide bonds. The van der Waals surface area contributed by atoms with E-state index in [1.54, 1.807) is 0 Å². The maximum atomic E-state index is 12.0. The minimum absolute atomic E-state index is 0.00144. The van der Waals surface area contributed by atoms with Gasteiger partial charge in [0.05, 0.1) is 0 Å². The zero-order chi connectivity index (χ0) is 13.7. The maximum absolute atomic E-state index is 12.0. The molecule has 1 aliphatic rings. The second-order valence-corrected chi connectivity index (χ2v) is 6.26. The molecular formula is C15H15N3OS. The molecule has 0 unspecified atom stereocenters. The van der Waals surface area contributed by atoms with Crippen LogP contribution in [0.25, 0.3) is 21.0 Å². The molecule has 20 heavy (non-hydrogen) atoms. The summed E-state index contributed by atoms with van der Waals surface area (Å²) in [6.07, 6.45) is 1.04. The molecule has 1 saturated heterocycles. The van der Waals surface area contributed by atoms with Crippen molar-refractivity contribution in [3.63, 3.8) is 0 Å². The summed E-state index contributed by atoms with van der Waals surface area (Å²) in [5.41, 5.74) is 8.06. The zero-order valence-corrected chi connectivity index (χ0v) is 11.7. The highest BCUT2D eigenvalue weighted by atomic mass is 32.1. The number of H-pyrrole nitrogens is 1. The van der Waals surface area contributed by atoms with E-state index in [0.717, 1.165) is 40.5 Å². The molecule has 3 aromatic rings. The fraction of sp³-hybridized carbons (Fsp3) is 0.267. The standard InChI is InChI=1S/C15H15N3OS/c16-9-3-5-18(8-9)10-1-2-13-12(7-10)11-4-6-20-14(11)15(19)17-13/h1-2,4,6-7,9H,3,5,8,16H2,(H,17,19)/t9-/m1/s1. The Kier molecular flexibility index (Phi) is 2.58. The highest BCUT2D eigenvalue weighted by molar-refractivity contribution is 7.17. The average Bonchev–Trinajstić information content (AvgIpc) is 3.07. The van der Waals surface area contributed by atoms with Crippen molar-refractivity contribution in [2.24, 2.45) is 5.73 Å². The van der Waals surface area contributed by atoms with Gasteiger partial charge in [0.15, 0.2) is 0 Å². The third-order valence-corrected chi connectivity index (χ3v) is 4.92. The van der Waals surface area contributed by atoms with Gasteiger partial charge in [-0.2, -0.15) is 0 Å². The Labute approximate surface area is 119 Å². The van der Waals surface area contributed by atoms with Gasteiger partial charge in [0.1, 0.15) is 4.70 Å². The summed E-state index contributed by atoms with van der Waals surface area (Å²) < 4.78 is 0.799. The Morgan fingerprint density at radius 1 is 1.30 bits per heavy atom. The Balaban J connectivity index is 1.94. The first kappa shape index (κ1) is 11.9. The van der Waals surface area contributed by atoms with E-state index >= 15 is 0 Å². The second-order valence-electron chi connectivity index (χ2n) is 5.34. The van der Waals surface area contributed by atoms with Gasteiger partial charge in [0.25, 0.3) is 5.56 Å². The molecule has 0 radical (unpaired) electrons. The van der Waals surface area contributed by atoms with Crippen LogP contribution in [0.3, 0.4) is 0 Å². The fourth-order valence-electron chi connectivity index (χ4n) is 2.96. The van der Waals surface area contributed by atoms with Crippen LogP contribution >= 0.6 is 11.3 Å². The highest BCUT2D eigenvalue weighted by Gasteiger charge is 2.19. The first-order valence-electron chi connectivity index (χ1n) is 6.76. The number of nitrogens with two attached hydrogens (primary N) is 1. The summed E-state index contributed by atoms with van der Waals surface area (Å²) in [5.74, 6) is 0. The van der Waals surface area contributed by atoms with E-state index in [0.29, 0.717) is 0 Å². The van der Waals surface area contributed by atoms with Crippen LogP contribution in [0.15, 0.2) is 34.4 Å². The number of hydrogen-bond donors (Lipinski definition) is 2. The Morgan fingerprint density at radius 2 is 2.20 bits per heavy atom. The number of rotatable bonds is 1. The smallest absolute Gasteiger partial charge is 0.266 e. The van der Waals surface area contributed by atoms with E-state index < -0.39 is 0 Å². The van der Waals surface area contributed by atoms with Gasteiger partial charge in [-0.1, -0.05) is 0 Å². The van der Waals surface area contributed by atoms with Gasteiger partial charge >= 0.3 is 0 Å². The topological polar surface area (TPSA) is 62.1 Å². The van der Waals surface area contributed by atoms with Crippen LogP contribution in [0.2, 0.25) is 0 Å². The molecule has 5 heteroatoms. The third kappa shape index (κ3) is 1.74. The number of aromatic amines is 1. The third-order valence-electron chi connectivity index (χ3n) is 4.00. The summed E-state index contributed by atoms with van der Waals surface area (Å²) in [5, 5.41) is 4.12. The second kappa shape index (κ2) is 4.33. The van der Waals surface area contributed by atoms with Gasteiger partial charge in [-0.3, -0.25) is 4.79 Å². The predicted molar refractivity (Wildman–Crippen MR) is 84.8 cm³/mol. The predicted octanol–water partition coefficient (Wildman–Crippen LogP) is 2.28. The van der Waals surface area contributed by atoms with E-state index in [1.165, 1.54) is 17.0 Å². The van der Waals surface area contributed by atoms with E-state index in [2.05, 4.69) is 22.0 Å². The molecule has 1 aromatic carbocycles. The molecule has 3 heterocycles. The van der Waals surface area contributed by atoms with Crippen molar-refractivity contribution in [3.05, 3.63) is 40.0 Å². The van der Waals surface area contributed by atoms with Gasteiger partial charge in [-0.25, -0.2) is 0 Å². The molecule has 1 aliphatic heterocycles. The van der Waals surface area contributed by atoms with Crippen LogP contribution in [0.4, 0.5) is 5.69 Å². The van der Waals surface area contributed by atoms with Crippen molar-refractivity contribution in [2.45, 2.75) is 12.5 Å². The van der Waals surface area contributed by atoms with Crippen molar-refractivity contribution in [1.82, 2.24) is 4.98 Å². The minimum atomic E-state index is -0.00144. The lowest BCUT2D eigenvalue weighted by atomic mass is 10.1. The number of anilines is 1. The van der Waals surface area contributed by atoms with E-state index in [4.69, 9.17) is 5.73 Å². The Morgan fingerprint density at radius 3 is 3.00 bits per heavy atom. The lowest BCUT2D eigenvalue weighted by Gasteiger charge is -2.18. The number of benzene rings is 1. The van der Waals surface area contributed by atoms with Crippen LogP contribution < -0.4 is 16.2 Å². The summed E-state index contributed by atoms with van der Waals surface area (Å²) >= 11 is 1.49. The summed E-state index contributed by atoms with van der Waals surface area (Å²) in [6, 6.07) is 8.51. The van der Waals surface area contributed by atoms with Crippen LogP contribution in [0, 0.1) is 0 Å². The van der Waals surface area contributed by atoms with Crippen molar-refractivity contribution in [1.29, 1.82) is 0 Å². The molecule has 4 nitrogen and oxygen atoms in total. The molecule has 0 bridgehead atoms. The summed E-state index contributed by atoms with van der Waals surface area (Å²) in [7, 11) is 0. The quantitative estimate of drug-likeness (QED) is 0.721. The highest BCUT2D eigenvalue weighted by Crippen LogP contribution is 2.29. The summed E-state index contributed by atoms with van der Waals surface area (Å²) in [6.45, 7) is 1.91. The van der Waals surface area contributed by atoms with Crippen LogP contribution in [0.5, 0.6) is 0 Å². The van der Waals surface area contributed by atoms with Crippen molar-refractivity contribution >= 4 is 38.0 Å². The van der Waals surface area contributed by atoms with E-state index in [9.17, 15) is 4.79 Å². The molecule has 1 atom stereocenters. The molecule has 102 valence electrons. The number of aromatic nitrogens is 1. The molecule has 0 saturated carbocycles. The number of pyridine rings is 1. The van der Waals surface area contributed by atoms with Crippen molar-refractivity contribution < 1.29 is 0 Å². The number of thiophene rings is 1. The van der Waals surface area contributed by atoms with Crippen molar-refractivity contribution in [2.75, 3.05) is 18.0 Å². The molecule has 1 fully saturated rings. The van der Waals surface area contributed by atoms with Gasteiger partial charge < -0.3 is 15.6 Å². The minimum Gasteiger partial charge on any atom is -0.370 e. The monoisotopic (exact) mass is 285 g/mol. The number of nitrogens with one attached hydrogen (secondary N) is 1. The normalized spacial score (nSPS) is 19.2. The van der Waals surface area contributed by atoms with E-state index in [1.807, 2.05) is 17.5 Å². The molecule has 0 spiro atoms. The van der Waals surface area contributed by atoms with Gasteiger partial charge in [-0.15, -0.1) is 11.3 Å². The number of fused-ring (bicyclic) bond motifs is 3. The van der Waals surface area contributed by atoms with Crippen LogP contribution in [-0.2, 0) is 0 Å². The zero-order valence-electron chi connectivity index (χ0n) is 10.9. The number of hydrogen-bond acceptors (Lipinski definition) is 4. The lowest BCUT2D eigenvalue weighted by molar-refractivity contribution is 0.752. The maximum Gasteiger partial charge on any atom is 0.266 e. The Hall–Kier alpha value is -1.85. The number of nitrogens with zero attached hydrogens (tertiary/aromatic N) is 1. The largest absolute Gasteiger partial charge is 0.370 e. The molecule has 4 rings (SSSR count).